The average Bonchev–Trinajstić information content (AvgIpc) is 2.93. The topological polar surface area (TPSA) is 66.2 Å². The van der Waals surface area contributed by atoms with Crippen LogP contribution in [-0.4, -0.2) is 23.8 Å². The number of thioether (sulfide) groups is 1. The van der Waals surface area contributed by atoms with Crippen molar-refractivity contribution >= 4 is 40.8 Å². The molecule has 0 saturated heterocycles. The Bertz CT molecular complexity index is 1520. The molecule has 1 aliphatic heterocycles. The Morgan fingerprint density at radius 1 is 1.03 bits per heavy atom. The van der Waals surface area contributed by atoms with E-state index in [1.807, 2.05) is 48.5 Å². The van der Waals surface area contributed by atoms with Crippen LogP contribution in [0.1, 0.15) is 11.1 Å². The van der Waals surface area contributed by atoms with Crippen molar-refractivity contribution in [3.63, 3.8) is 0 Å². The molecule has 3 aromatic carbocycles. The molecule has 5 nitrogen and oxygen atoms in total. The Labute approximate surface area is 225 Å². The zero-order chi connectivity index (χ0) is 26.9. The highest BCUT2D eigenvalue weighted by molar-refractivity contribution is 8.00. The lowest BCUT2D eigenvalue weighted by Gasteiger charge is -2.31. The number of alkyl halides is 3. The van der Waals surface area contributed by atoms with Crippen molar-refractivity contribution in [1.29, 1.82) is 5.26 Å². The standard InChI is InChI=1S/C28H18F3N3O2S2/c1-36-18-12-10-17(11-13-18)21-14-20(28(29,30)31)19(15-32)27(33-21)37-16-26(35)34-22-6-2-4-8-24(22)38-25-9-5-3-7-23(25)34/h2-14H,16H2,1H3. The molecule has 0 radical (unpaired) electrons. The molecule has 0 aliphatic carbocycles. The molecule has 5 rings (SSSR count). The van der Waals surface area contributed by atoms with Gasteiger partial charge in [-0.2, -0.15) is 18.4 Å². The molecule has 1 amide bonds. The molecule has 2 heterocycles. The van der Waals surface area contributed by atoms with Crippen molar-refractivity contribution in [3.05, 3.63) is 90.0 Å². The Morgan fingerprint density at radius 2 is 1.63 bits per heavy atom. The van der Waals surface area contributed by atoms with E-state index in [-0.39, 0.29) is 22.4 Å². The van der Waals surface area contributed by atoms with E-state index in [4.69, 9.17) is 4.74 Å². The summed E-state index contributed by atoms with van der Waals surface area (Å²) in [5, 5.41) is 9.49. The summed E-state index contributed by atoms with van der Waals surface area (Å²) < 4.78 is 47.0. The second-order valence-corrected chi connectivity index (χ2v) is 10.2. The van der Waals surface area contributed by atoms with Gasteiger partial charge in [-0.15, -0.1) is 0 Å². The quantitative estimate of drug-likeness (QED) is 0.239. The summed E-state index contributed by atoms with van der Waals surface area (Å²) in [6, 6.07) is 23.8. The Balaban J connectivity index is 1.52. The van der Waals surface area contributed by atoms with Crippen molar-refractivity contribution in [2.24, 2.45) is 0 Å². The third kappa shape index (κ3) is 4.95. The van der Waals surface area contributed by atoms with Gasteiger partial charge in [0.1, 0.15) is 16.8 Å². The minimum Gasteiger partial charge on any atom is -0.497 e. The fourth-order valence-electron chi connectivity index (χ4n) is 4.04. The fraction of sp³-hybridized carbons (Fsp3) is 0.107. The lowest BCUT2D eigenvalue weighted by atomic mass is 10.1. The molecule has 0 fully saturated rings. The van der Waals surface area contributed by atoms with Gasteiger partial charge in [-0.3, -0.25) is 9.69 Å². The number of nitrogens with zero attached hydrogens (tertiary/aromatic N) is 3. The molecule has 1 aliphatic rings. The minimum atomic E-state index is -4.78. The van der Waals surface area contributed by atoms with Crippen LogP contribution in [0, 0.1) is 11.3 Å². The summed E-state index contributed by atoms with van der Waals surface area (Å²) in [5.74, 6) is -0.0264. The number of anilines is 2. The van der Waals surface area contributed by atoms with Crippen LogP contribution in [0.2, 0.25) is 0 Å². The number of aromatic nitrogens is 1. The molecule has 38 heavy (non-hydrogen) atoms. The summed E-state index contributed by atoms with van der Waals surface area (Å²) in [7, 11) is 1.49. The van der Waals surface area contributed by atoms with Gasteiger partial charge < -0.3 is 4.74 Å². The van der Waals surface area contributed by atoms with Crippen molar-refractivity contribution < 1.29 is 22.7 Å². The number of hydrogen-bond donors (Lipinski definition) is 0. The summed E-state index contributed by atoms with van der Waals surface area (Å²) in [5.41, 5.74) is 0.142. The molecular formula is C28H18F3N3O2S2. The number of pyridine rings is 1. The number of carbonyl (C=O) groups excluding carboxylic acids is 1. The number of carbonyl (C=O) groups is 1. The van der Waals surface area contributed by atoms with Gasteiger partial charge in [-0.05, 0) is 54.6 Å². The molecule has 10 heteroatoms. The second kappa shape index (κ2) is 10.4. The number of nitriles is 1. The fourth-order valence-corrected chi connectivity index (χ4v) is 5.95. The Kier molecular flexibility index (Phi) is 7.06. The van der Waals surface area contributed by atoms with Crippen LogP contribution in [0.15, 0.2) is 93.7 Å². The lowest BCUT2D eigenvalue weighted by molar-refractivity contribution is -0.138. The predicted octanol–water partition coefficient (Wildman–Crippen LogP) is 7.57. The molecule has 0 bridgehead atoms. The van der Waals surface area contributed by atoms with Gasteiger partial charge in [0.2, 0.25) is 5.91 Å². The highest BCUT2D eigenvalue weighted by Crippen LogP contribution is 2.48. The van der Waals surface area contributed by atoms with Crippen LogP contribution in [0.5, 0.6) is 5.75 Å². The van der Waals surface area contributed by atoms with Gasteiger partial charge in [0, 0.05) is 15.4 Å². The molecule has 0 atom stereocenters. The van der Waals surface area contributed by atoms with E-state index in [0.717, 1.165) is 27.6 Å². The molecule has 4 aromatic rings. The second-order valence-electron chi connectivity index (χ2n) is 8.13. The minimum absolute atomic E-state index is 0.0407. The first-order valence-electron chi connectivity index (χ1n) is 11.3. The van der Waals surface area contributed by atoms with Crippen LogP contribution in [0.25, 0.3) is 11.3 Å². The van der Waals surface area contributed by atoms with E-state index in [1.54, 1.807) is 47.0 Å². The molecule has 0 saturated carbocycles. The zero-order valence-electron chi connectivity index (χ0n) is 19.8. The molecular weight excluding hydrogens is 531 g/mol. The summed E-state index contributed by atoms with van der Waals surface area (Å²) in [6.45, 7) is 0. The van der Waals surface area contributed by atoms with Crippen LogP contribution in [0.3, 0.4) is 0 Å². The summed E-state index contributed by atoms with van der Waals surface area (Å²) in [6.07, 6.45) is -4.78. The van der Waals surface area contributed by atoms with Crippen LogP contribution < -0.4 is 9.64 Å². The van der Waals surface area contributed by atoms with E-state index >= 15 is 0 Å². The number of methoxy groups -OCH3 is 1. The highest BCUT2D eigenvalue weighted by Gasteiger charge is 2.36. The van der Waals surface area contributed by atoms with E-state index in [0.29, 0.717) is 22.7 Å². The summed E-state index contributed by atoms with van der Waals surface area (Å²) >= 11 is 2.35. The zero-order valence-corrected chi connectivity index (χ0v) is 21.5. The van der Waals surface area contributed by atoms with E-state index in [9.17, 15) is 23.2 Å². The molecule has 1 aromatic heterocycles. The largest absolute Gasteiger partial charge is 0.497 e. The molecule has 190 valence electrons. The van der Waals surface area contributed by atoms with Crippen LogP contribution in [-0.2, 0) is 11.0 Å². The monoisotopic (exact) mass is 549 g/mol. The smallest absolute Gasteiger partial charge is 0.417 e. The van der Waals surface area contributed by atoms with Crippen molar-refractivity contribution in [1.82, 2.24) is 4.98 Å². The maximum Gasteiger partial charge on any atom is 0.417 e. The van der Waals surface area contributed by atoms with Gasteiger partial charge in [0.05, 0.1) is 41.1 Å². The van der Waals surface area contributed by atoms with Crippen molar-refractivity contribution in [2.45, 2.75) is 21.0 Å². The van der Waals surface area contributed by atoms with Gasteiger partial charge >= 0.3 is 6.18 Å². The molecule has 0 N–H and O–H groups in total. The molecule has 0 spiro atoms. The van der Waals surface area contributed by atoms with Crippen molar-refractivity contribution in [3.8, 4) is 23.1 Å². The Morgan fingerprint density at radius 3 is 2.18 bits per heavy atom. The lowest BCUT2D eigenvalue weighted by Crippen LogP contribution is -2.30. The van der Waals surface area contributed by atoms with Crippen LogP contribution in [0.4, 0.5) is 24.5 Å². The maximum absolute atomic E-state index is 14.0. The predicted molar refractivity (Wildman–Crippen MR) is 141 cm³/mol. The number of halogens is 3. The number of para-hydroxylation sites is 2. The van der Waals surface area contributed by atoms with E-state index < -0.39 is 17.3 Å². The van der Waals surface area contributed by atoms with Crippen LogP contribution >= 0.6 is 23.5 Å². The van der Waals surface area contributed by atoms with Gasteiger partial charge in [-0.1, -0.05) is 47.8 Å². The van der Waals surface area contributed by atoms with Gasteiger partial charge in [-0.25, -0.2) is 4.98 Å². The SMILES string of the molecule is COc1ccc(-c2cc(C(F)(F)F)c(C#N)c(SCC(=O)N3c4ccccc4Sc4ccccc43)n2)cc1. The highest BCUT2D eigenvalue weighted by atomic mass is 32.2. The first kappa shape index (κ1) is 25.7. The maximum atomic E-state index is 14.0. The van der Waals surface area contributed by atoms with E-state index in [1.165, 1.54) is 7.11 Å². The first-order valence-corrected chi connectivity index (χ1v) is 13.1. The summed E-state index contributed by atoms with van der Waals surface area (Å²) in [4.78, 5) is 21.3. The van der Waals surface area contributed by atoms with Crippen molar-refractivity contribution in [2.75, 3.05) is 17.8 Å². The number of ether oxygens (including phenoxy) is 1. The Hall–Kier alpha value is -3.94. The normalized spacial score (nSPS) is 12.3. The van der Waals surface area contributed by atoms with E-state index in [2.05, 4.69) is 4.98 Å². The van der Waals surface area contributed by atoms with Gasteiger partial charge in [0.25, 0.3) is 0 Å². The van der Waals surface area contributed by atoms with Gasteiger partial charge in [0.15, 0.2) is 0 Å². The number of benzene rings is 3. The number of rotatable bonds is 5. The first-order chi connectivity index (χ1) is 18.3. The number of fused-ring (bicyclic) bond motifs is 2. The number of amides is 1. The third-order valence-electron chi connectivity index (χ3n) is 5.80. The molecule has 0 unspecified atom stereocenters. The number of hydrogen-bond acceptors (Lipinski definition) is 6. The average molecular weight is 550 g/mol. The third-order valence-corrected chi connectivity index (χ3v) is 7.89.